The van der Waals surface area contributed by atoms with Gasteiger partial charge in [0.25, 0.3) is 0 Å². The standard InChI is InChI=1S/C26H28O4.C21H18O3/c1-4-5-6-17-29-25-18-23(28-3)15-16-24(25)30-22-13-11-21(12-14-22)26(27)20-9-7-19(2)8-10-20;1-15-3-5-16(6-4-15)21(22)17-7-9-19(10-8-17)24-20-13-11-18(23-2)12-14-20/h7-16,18H,4-6,17H2,1-3H3;3-14H,1-2H3. The lowest BCUT2D eigenvalue weighted by Gasteiger charge is -2.14. The van der Waals surface area contributed by atoms with Crippen molar-refractivity contribution in [2.24, 2.45) is 0 Å². The zero-order chi connectivity index (χ0) is 38.3. The molecule has 6 aromatic carbocycles. The summed E-state index contributed by atoms with van der Waals surface area (Å²) in [7, 11) is 3.25. The number of unbranched alkanes of at least 4 members (excludes halogenated alkanes) is 2. The summed E-state index contributed by atoms with van der Waals surface area (Å²) >= 11 is 0. The number of ketones is 2. The van der Waals surface area contributed by atoms with Gasteiger partial charge in [-0.2, -0.15) is 0 Å². The minimum absolute atomic E-state index is 0.00555. The number of hydrogen-bond acceptors (Lipinski definition) is 7. The van der Waals surface area contributed by atoms with Crippen molar-refractivity contribution in [3.8, 4) is 40.2 Å². The lowest BCUT2D eigenvalue weighted by Crippen LogP contribution is -2.01. The Bertz CT molecular complexity index is 2080. The van der Waals surface area contributed by atoms with Crippen LogP contribution < -0.4 is 23.7 Å². The lowest BCUT2D eigenvalue weighted by atomic mass is 10.0. The van der Waals surface area contributed by atoms with Gasteiger partial charge in [0.05, 0.1) is 20.8 Å². The topological polar surface area (TPSA) is 80.3 Å². The highest BCUT2D eigenvalue weighted by Crippen LogP contribution is 2.35. The Morgan fingerprint density at radius 2 is 0.833 bits per heavy atom. The van der Waals surface area contributed by atoms with Crippen molar-refractivity contribution in [2.75, 3.05) is 20.8 Å². The smallest absolute Gasteiger partial charge is 0.193 e. The van der Waals surface area contributed by atoms with Gasteiger partial charge in [0.2, 0.25) is 0 Å². The van der Waals surface area contributed by atoms with Crippen LogP contribution >= 0.6 is 0 Å². The van der Waals surface area contributed by atoms with Crippen LogP contribution in [-0.4, -0.2) is 32.4 Å². The fraction of sp³-hybridized carbons (Fsp3) is 0.191. The maximum atomic E-state index is 12.6. The number of methoxy groups -OCH3 is 2. The van der Waals surface area contributed by atoms with Gasteiger partial charge in [0.1, 0.15) is 28.7 Å². The van der Waals surface area contributed by atoms with Crippen LogP contribution in [0.25, 0.3) is 0 Å². The van der Waals surface area contributed by atoms with Crippen molar-refractivity contribution in [1.82, 2.24) is 0 Å². The van der Waals surface area contributed by atoms with Crippen molar-refractivity contribution in [1.29, 1.82) is 0 Å². The number of rotatable bonds is 15. The van der Waals surface area contributed by atoms with Gasteiger partial charge in [-0.1, -0.05) is 79.4 Å². The van der Waals surface area contributed by atoms with Crippen LogP contribution in [-0.2, 0) is 0 Å². The third-order valence-electron chi connectivity index (χ3n) is 8.54. The zero-order valence-electron chi connectivity index (χ0n) is 31.5. The average Bonchev–Trinajstić information content (AvgIpc) is 3.21. The molecular formula is C47H46O7. The Labute approximate surface area is 318 Å². The number of benzene rings is 6. The van der Waals surface area contributed by atoms with E-state index in [0.717, 1.165) is 36.1 Å². The lowest BCUT2D eigenvalue weighted by molar-refractivity contribution is 0.103. The molecular weight excluding hydrogens is 677 g/mol. The van der Waals surface area contributed by atoms with E-state index in [2.05, 4.69) is 6.92 Å². The molecule has 7 heteroatoms. The maximum Gasteiger partial charge on any atom is 0.193 e. The molecule has 54 heavy (non-hydrogen) atoms. The molecule has 0 atom stereocenters. The van der Waals surface area contributed by atoms with E-state index < -0.39 is 0 Å². The van der Waals surface area contributed by atoms with E-state index in [-0.39, 0.29) is 11.6 Å². The molecule has 0 spiro atoms. The first-order valence-corrected chi connectivity index (χ1v) is 18.0. The van der Waals surface area contributed by atoms with Crippen molar-refractivity contribution < 1.29 is 33.3 Å². The molecule has 0 fully saturated rings. The largest absolute Gasteiger partial charge is 0.497 e. The van der Waals surface area contributed by atoms with E-state index in [1.807, 2.05) is 105 Å². The van der Waals surface area contributed by atoms with Crippen LogP contribution in [0, 0.1) is 13.8 Å². The fourth-order valence-electron chi connectivity index (χ4n) is 5.35. The van der Waals surface area contributed by atoms with E-state index in [9.17, 15) is 9.59 Å². The van der Waals surface area contributed by atoms with Crippen LogP contribution in [0.1, 0.15) is 69.2 Å². The first kappa shape index (κ1) is 38.9. The second-order valence-corrected chi connectivity index (χ2v) is 12.7. The van der Waals surface area contributed by atoms with Gasteiger partial charge in [-0.3, -0.25) is 9.59 Å². The monoisotopic (exact) mass is 722 g/mol. The molecule has 0 unspecified atom stereocenters. The third kappa shape index (κ3) is 11.1. The molecule has 7 nitrogen and oxygen atoms in total. The first-order chi connectivity index (χ1) is 26.3. The summed E-state index contributed by atoms with van der Waals surface area (Å²) in [5.41, 5.74) is 4.88. The summed E-state index contributed by atoms with van der Waals surface area (Å²) < 4.78 is 28.1. The summed E-state index contributed by atoms with van der Waals surface area (Å²) in [6, 6.07) is 42.3. The van der Waals surface area contributed by atoms with Gasteiger partial charge in [-0.25, -0.2) is 0 Å². The average molecular weight is 723 g/mol. The van der Waals surface area contributed by atoms with E-state index in [0.29, 0.717) is 63.4 Å². The van der Waals surface area contributed by atoms with Crippen LogP contribution in [0.4, 0.5) is 0 Å². The third-order valence-corrected chi connectivity index (χ3v) is 8.54. The maximum absolute atomic E-state index is 12.6. The van der Waals surface area contributed by atoms with Gasteiger partial charge in [0, 0.05) is 28.3 Å². The highest BCUT2D eigenvalue weighted by atomic mass is 16.5. The van der Waals surface area contributed by atoms with E-state index in [1.165, 1.54) is 0 Å². The molecule has 0 N–H and O–H groups in total. The van der Waals surface area contributed by atoms with Crippen LogP contribution in [0.3, 0.4) is 0 Å². The highest BCUT2D eigenvalue weighted by molar-refractivity contribution is 6.09. The molecule has 0 aromatic heterocycles. The second-order valence-electron chi connectivity index (χ2n) is 12.7. The Balaban J connectivity index is 0.000000213. The predicted molar refractivity (Wildman–Crippen MR) is 213 cm³/mol. The summed E-state index contributed by atoms with van der Waals surface area (Å²) in [4.78, 5) is 25.1. The van der Waals surface area contributed by atoms with Crippen LogP contribution in [0.15, 0.2) is 140 Å². The van der Waals surface area contributed by atoms with Crippen LogP contribution in [0.2, 0.25) is 0 Å². The Kier molecular flexibility index (Phi) is 14.0. The molecule has 6 rings (SSSR count). The molecule has 0 amide bonds. The van der Waals surface area contributed by atoms with Crippen LogP contribution in [0.5, 0.6) is 40.2 Å². The number of carbonyl (C=O) groups excluding carboxylic acids is 2. The first-order valence-electron chi connectivity index (χ1n) is 18.0. The van der Waals surface area contributed by atoms with Gasteiger partial charge < -0.3 is 23.7 Å². The van der Waals surface area contributed by atoms with Gasteiger partial charge in [-0.15, -0.1) is 0 Å². The van der Waals surface area contributed by atoms with Gasteiger partial charge in [0.15, 0.2) is 23.1 Å². The quantitative estimate of drug-likeness (QED) is 0.0771. The molecule has 0 radical (unpaired) electrons. The summed E-state index contributed by atoms with van der Waals surface area (Å²) in [5, 5.41) is 0. The Morgan fingerprint density at radius 3 is 1.28 bits per heavy atom. The van der Waals surface area contributed by atoms with E-state index >= 15 is 0 Å². The molecule has 0 saturated heterocycles. The van der Waals surface area contributed by atoms with Crippen molar-refractivity contribution >= 4 is 11.6 Å². The molecule has 0 saturated carbocycles. The number of hydrogen-bond donors (Lipinski definition) is 0. The Hall–Kier alpha value is -6.34. The highest BCUT2D eigenvalue weighted by Gasteiger charge is 2.12. The van der Waals surface area contributed by atoms with E-state index in [4.69, 9.17) is 23.7 Å². The summed E-state index contributed by atoms with van der Waals surface area (Å²) in [5.74, 6) is 4.79. The van der Waals surface area contributed by atoms with Crippen molar-refractivity contribution in [3.63, 3.8) is 0 Å². The minimum atomic E-state index is -0.00839. The van der Waals surface area contributed by atoms with Gasteiger partial charge in [-0.05, 0) is 105 Å². The molecule has 0 bridgehead atoms. The Morgan fingerprint density at radius 1 is 0.444 bits per heavy atom. The number of aryl methyl sites for hydroxylation is 2. The van der Waals surface area contributed by atoms with Crippen molar-refractivity contribution in [2.45, 2.75) is 40.0 Å². The minimum Gasteiger partial charge on any atom is -0.497 e. The van der Waals surface area contributed by atoms with Gasteiger partial charge >= 0.3 is 0 Å². The van der Waals surface area contributed by atoms with E-state index in [1.54, 1.807) is 62.8 Å². The predicted octanol–water partition coefficient (Wildman–Crippen LogP) is 11.6. The number of ether oxygens (including phenoxy) is 5. The normalized spacial score (nSPS) is 10.4. The summed E-state index contributed by atoms with van der Waals surface area (Å²) in [6.45, 7) is 6.79. The molecule has 6 aromatic rings. The summed E-state index contributed by atoms with van der Waals surface area (Å²) in [6.07, 6.45) is 3.25. The molecule has 0 aliphatic carbocycles. The fourth-order valence-corrected chi connectivity index (χ4v) is 5.35. The van der Waals surface area contributed by atoms with Crippen molar-refractivity contribution in [3.05, 3.63) is 173 Å². The molecule has 276 valence electrons. The molecule has 0 heterocycles. The number of carbonyl (C=O) groups is 2. The molecule has 0 aliphatic heterocycles. The zero-order valence-corrected chi connectivity index (χ0v) is 31.5. The SMILES string of the molecule is CCCCCOc1cc(OC)ccc1Oc1ccc(C(=O)c2ccc(C)cc2)cc1.COc1ccc(Oc2ccc(C(=O)c3ccc(C)cc3)cc2)cc1. The molecule has 0 aliphatic rings. The second kappa shape index (κ2) is 19.5.